The van der Waals surface area contributed by atoms with E-state index in [9.17, 15) is 4.79 Å². The van der Waals surface area contributed by atoms with Gasteiger partial charge in [-0.2, -0.15) is 5.10 Å². The zero-order chi connectivity index (χ0) is 15.0. The Morgan fingerprint density at radius 1 is 1.38 bits per heavy atom. The van der Waals surface area contributed by atoms with Crippen molar-refractivity contribution in [2.45, 2.75) is 6.92 Å². The van der Waals surface area contributed by atoms with Crippen molar-refractivity contribution in [1.29, 1.82) is 0 Å². The number of fused-ring (bicyclic) bond motifs is 1. The Bertz CT molecular complexity index is 846. The quantitative estimate of drug-likeness (QED) is 0.729. The van der Waals surface area contributed by atoms with Gasteiger partial charge in [0.15, 0.2) is 0 Å². The Morgan fingerprint density at radius 2 is 2.19 bits per heavy atom. The number of benzene rings is 1. The summed E-state index contributed by atoms with van der Waals surface area (Å²) in [5, 5.41) is 11.4. The third-order valence-corrected chi connectivity index (χ3v) is 4.67. The average Bonchev–Trinajstić information content (AvgIpc) is 2.81. The van der Waals surface area contributed by atoms with Gasteiger partial charge in [0, 0.05) is 15.5 Å². The molecule has 0 saturated heterocycles. The van der Waals surface area contributed by atoms with Crippen LogP contribution in [0.2, 0.25) is 0 Å². The van der Waals surface area contributed by atoms with Gasteiger partial charge in [-0.3, -0.25) is 4.79 Å². The molecule has 5 nitrogen and oxygen atoms in total. The summed E-state index contributed by atoms with van der Waals surface area (Å²) < 4.78 is 0.901. The number of rotatable bonds is 2. The first-order chi connectivity index (χ1) is 10.1. The summed E-state index contributed by atoms with van der Waals surface area (Å²) in [4.78, 5) is 13.5. The molecule has 1 aromatic carbocycles. The van der Waals surface area contributed by atoms with E-state index >= 15 is 0 Å². The number of hydrogen-bond acceptors (Lipinski definition) is 5. The summed E-state index contributed by atoms with van der Waals surface area (Å²) in [6.07, 6.45) is 1.56. The smallest absolute Gasteiger partial charge is 0.267 e. The average molecular weight is 363 g/mol. The Labute approximate surface area is 133 Å². The Balaban J connectivity index is 1.97. The summed E-state index contributed by atoms with van der Waals surface area (Å²) in [6, 6.07) is 7.47. The van der Waals surface area contributed by atoms with Crippen molar-refractivity contribution in [2.24, 2.45) is 0 Å². The predicted molar refractivity (Wildman–Crippen MR) is 88.7 cm³/mol. The number of thiophene rings is 1. The van der Waals surface area contributed by atoms with Gasteiger partial charge >= 0.3 is 0 Å². The fourth-order valence-electron chi connectivity index (χ4n) is 1.95. The molecule has 3 rings (SSSR count). The van der Waals surface area contributed by atoms with E-state index < -0.39 is 0 Å². The largest absolute Gasteiger partial charge is 0.397 e. The minimum absolute atomic E-state index is 0.239. The van der Waals surface area contributed by atoms with Gasteiger partial charge in [0.2, 0.25) is 0 Å². The molecule has 0 unspecified atom stereocenters. The molecule has 3 aromatic rings. The summed E-state index contributed by atoms with van der Waals surface area (Å²) in [6.45, 7) is 1.93. The minimum Gasteiger partial charge on any atom is -0.397 e. The van der Waals surface area contributed by atoms with Crippen LogP contribution in [-0.2, 0) is 0 Å². The molecule has 0 spiro atoms. The zero-order valence-corrected chi connectivity index (χ0v) is 13.5. The maximum atomic E-state index is 12.4. The molecule has 0 aliphatic rings. The van der Waals surface area contributed by atoms with E-state index in [4.69, 9.17) is 5.73 Å². The molecular weight excluding hydrogens is 352 g/mol. The van der Waals surface area contributed by atoms with Crippen LogP contribution in [-0.4, -0.2) is 16.1 Å². The van der Waals surface area contributed by atoms with Crippen LogP contribution in [0.3, 0.4) is 0 Å². The van der Waals surface area contributed by atoms with Gasteiger partial charge < -0.3 is 11.1 Å². The number of carbonyl (C=O) groups excluding carboxylic acids is 1. The molecule has 2 aromatic heterocycles. The molecule has 1 amide bonds. The summed E-state index contributed by atoms with van der Waals surface area (Å²) in [7, 11) is 0. The Morgan fingerprint density at radius 3 is 2.95 bits per heavy atom. The van der Waals surface area contributed by atoms with E-state index in [1.807, 2.05) is 25.1 Å². The second-order valence-electron chi connectivity index (χ2n) is 4.51. The highest BCUT2D eigenvalue weighted by molar-refractivity contribution is 9.10. The number of halogens is 1. The van der Waals surface area contributed by atoms with E-state index in [1.165, 1.54) is 11.3 Å². The Hall–Kier alpha value is -1.99. The highest BCUT2D eigenvalue weighted by Crippen LogP contribution is 2.32. The number of nitrogens with two attached hydrogens (primary N) is 1. The molecule has 0 aliphatic carbocycles. The van der Waals surface area contributed by atoms with Gasteiger partial charge in [0.05, 0.1) is 11.9 Å². The van der Waals surface area contributed by atoms with Crippen LogP contribution in [0.1, 0.15) is 15.2 Å². The van der Waals surface area contributed by atoms with Crippen LogP contribution < -0.4 is 11.1 Å². The van der Waals surface area contributed by atoms with Crippen LogP contribution in [0.15, 0.2) is 34.9 Å². The molecule has 0 aliphatic heterocycles. The van der Waals surface area contributed by atoms with Gasteiger partial charge in [0.1, 0.15) is 9.71 Å². The third kappa shape index (κ3) is 2.62. The lowest BCUT2D eigenvalue weighted by Gasteiger charge is -2.08. The molecule has 3 N–H and O–H groups in total. The van der Waals surface area contributed by atoms with E-state index in [0.29, 0.717) is 15.4 Å². The number of amides is 1. The number of anilines is 2. The molecule has 106 valence electrons. The lowest BCUT2D eigenvalue weighted by atomic mass is 10.2. The summed E-state index contributed by atoms with van der Waals surface area (Å²) in [5.41, 5.74) is 8.20. The van der Waals surface area contributed by atoms with Crippen LogP contribution in [0.4, 0.5) is 11.4 Å². The van der Waals surface area contributed by atoms with Crippen molar-refractivity contribution >= 4 is 54.8 Å². The highest BCUT2D eigenvalue weighted by atomic mass is 79.9. The molecular formula is C14H11BrN4OS. The number of nitrogens with one attached hydrogen (secondary N) is 1. The monoisotopic (exact) mass is 362 g/mol. The maximum Gasteiger partial charge on any atom is 0.267 e. The standard InChI is InChI=1S/C14H11BrN4OS/c1-7-2-3-8(15)6-10(7)18-13(20)12-11(16)9-4-5-17-19-14(9)21-12/h2-6H,16H2,1H3,(H,18,20). The molecule has 2 heterocycles. The second kappa shape index (κ2) is 5.42. The maximum absolute atomic E-state index is 12.4. The molecule has 0 bridgehead atoms. The van der Waals surface area contributed by atoms with Crippen molar-refractivity contribution in [3.05, 3.63) is 45.4 Å². The number of nitrogens with zero attached hydrogens (tertiary/aromatic N) is 2. The topological polar surface area (TPSA) is 80.9 Å². The third-order valence-electron chi connectivity index (χ3n) is 3.07. The summed E-state index contributed by atoms with van der Waals surface area (Å²) >= 11 is 4.63. The van der Waals surface area contributed by atoms with Crippen LogP contribution in [0, 0.1) is 6.92 Å². The zero-order valence-electron chi connectivity index (χ0n) is 11.1. The van der Waals surface area contributed by atoms with Crippen LogP contribution >= 0.6 is 27.3 Å². The number of hydrogen-bond donors (Lipinski definition) is 2. The fourth-order valence-corrected chi connectivity index (χ4v) is 3.24. The predicted octanol–water partition coefficient (Wildman–Crippen LogP) is 3.60. The van der Waals surface area contributed by atoms with Gasteiger partial charge in [-0.05, 0) is 30.7 Å². The van der Waals surface area contributed by atoms with Crippen molar-refractivity contribution in [1.82, 2.24) is 10.2 Å². The molecule has 0 saturated carbocycles. The van der Waals surface area contributed by atoms with E-state index in [2.05, 4.69) is 31.4 Å². The Kier molecular flexibility index (Phi) is 3.60. The number of aryl methyl sites for hydroxylation is 1. The lowest BCUT2D eigenvalue weighted by molar-refractivity contribution is 0.103. The number of nitrogen functional groups attached to an aromatic ring is 1. The van der Waals surface area contributed by atoms with Crippen molar-refractivity contribution in [2.75, 3.05) is 11.1 Å². The highest BCUT2D eigenvalue weighted by Gasteiger charge is 2.18. The second-order valence-corrected chi connectivity index (χ2v) is 6.42. The van der Waals surface area contributed by atoms with Gasteiger partial charge in [0.25, 0.3) is 5.91 Å². The summed E-state index contributed by atoms with van der Waals surface area (Å²) in [5.74, 6) is -0.239. The van der Waals surface area contributed by atoms with E-state index in [0.717, 1.165) is 21.1 Å². The van der Waals surface area contributed by atoms with Gasteiger partial charge in [-0.25, -0.2) is 0 Å². The van der Waals surface area contributed by atoms with E-state index in [1.54, 1.807) is 12.3 Å². The van der Waals surface area contributed by atoms with Crippen molar-refractivity contribution < 1.29 is 4.79 Å². The van der Waals surface area contributed by atoms with Crippen LogP contribution in [0.25, 0.3) is 10.2 Å². The molecule has 0 radical (unpaired) electrons. The molecule has 21 heavy (non-hydrogen) atoms. The van der Waals surface area contributed by atoms with Gasteiger partial charge in [-0.15, -0.1) is 16.4 Å². The van der Waals surface area contributed by atoms with Crippen molar-refractivity contribution in [3.8, 4) is 0 Å². The lowest BCUT2D eigenvalue weighted by Crippen LogP contribution is -2.12. The van der Waals surface area contributed by atoms with Crippen molar-refractivity contribution in [3.63, 3.8) is 0 Å². The van der Waals surface area contributed by atoms with E-state index in [-0.39, 0.29) is 5.91 Å². The first-order valence-corrected chi connectivity index (χ1v) is 7.74. The van der Waals surface area contributed by atoms with Crippen LogP contribution in [0.5, 0.6) is 0 Å². The molecule has 0 atom stereocenters. The number of carbonyl (C=O) groups is 1. The SMILES string of the molecule is Cc1ccc(Br)cc1NC(=O)c1sc2nnccc2c1N. The van der Waals surface area contributed by atoms with Gasteiger partial charge in [-0.1, -0.05) is 22.0 Å². The normalized spacial score (nSPS) is 10.8. The molecule has 0 fully saturated rings. The fraction of sp³-hybridized carbons (Fsp3) is 0.0714. The first-order valence-electron chi connectivity index (χ1n) is 6.13. The first kappa shape index (κ1) is 14.0. The minimum atomic E-state index is -0.239. The number of aromatic nitrogens is 2. The molecule has 7 heteroatoms.